The molecule has 8 heteroatoms. The molecule has 3 aromatic rings. The van der Waals surface area contributed by atoms with E-state index in [1.54, 1.807) is 48.5 Å². The number of halogens is 1. The first-order valence-corrected chi connectivity index (χ1v) is 9.02. The molecule has 1 atom stereocenters. The van der Waals surface area contributed by atoms with Crippen molar-refractivity contribution in [3.63, 3.8) is 0 Å². The average molecular weight is 400 g/mol. The maximum Gasteiger partial charge on any atom is 0.308 e. The second kappa shape index (κ2) is 8.67. The Morgan fingerprint density at radius 1 is 1.18 bits per heavy atom. The number of amides is 1. The molecule has 0 saturated heterocycles. The monoisotopic (exact) mass is 399 g/mol. The minimum atomic E-state index is -0.977. The van der Waals surface area contributed by atoms with Gasteiger partial charge in [-0.3, -0.25) is 19.0 Å². The zero-order valence-corrected chi connectivity index (χ0v) is 15.8. The lowest BCUT2D eigenvalue weighted by molar-refractivity contribution is -0.153. The minimum absolute atomic E-state index is 0.0571. The summed E-state index contributed by atoms with van der Waals surface area (Å²) in [5, 5.41) is 3.67. The van der Waals surface area contributed by atoms with Gasteiger partial charge in [-0.15, -0.1) is 0 Å². The number of carbonyl (C=O) groups is 2. The zero-order valence-electron chi connectivity index (χ0n) is 15.1. The predicted molar refractivity (Wildman–Crippen MR) is 106 cm³/mol. The molecule has 0 fully saturated rings. The van der Waals surface area contributed by atoms with Gasteiger partial charge in [0.05, 0.1) is 23.7 Å². The fraction of sp³-hybridized carbons (Fsp3) is 0.200. The van der Waals surface area contributed by atoms with Crippen LogP contribution in [0.25, 0.3) is 10.9 Å². The fourth-order valence-electron chi connectivity index (χ4n) is 2.56. The Balaban J connectivity index is 1.55. The maximum absolute atomic E-state index is 12.4. The SMILES string of the molecule is CC(OC(=O)CCn1cnc2ccccc2c1=O)C(=O)Nc1ccc(Cl)cc1. The Hall–Kier alpha value is -3.19. The van der Waals surface area contributed by atoms with Gasteiger partial charge in [-0.25, -0.2) is 4.98 Å². The molecule has 7 nitrogen and oxygen atoms in total. The molecule has 1 unspecified atom stereocenters. The van der Waals surface area contributed by atoms with E-state index >= 15 is 0 Å². The predicted octanol–water partition coefficient (Wildman–Crippen LogP) is 3.01. The molecule has 28 heavy (non-hydrogen) atoms. The number of ether oxygens (including phenoxy) is 1. The van der Waals surface area contributed by atoms with Gasteiger partial charge in [0.2, 0.25) is 0 Å². The number of aryl methyl sites for hydroxylation is 1. The average Bonchev–Trinajstić information content (AvgIpc) is 2.69. The van der Waals surface area contributed by atoms with E-state index in [1.165, 1.54) is 17.8 Å². The third-order valence-electron chi connectivity index (χ3n) is 4.08. The molecular formula is C20H18ClN3O4. The lowest BCUT2D eigenvalue weighted by Crippen LogP contribution is -2.30. The van der Waals surface area contributed by atoms with Crippen molar-refractivity contribution >= 4 is 40.1 Å². The normalized spacial score (nSPS) is 11.8. The van der Waals surface area contributed by atoms with Crippen LogP contribution in [0.3, 0.4) is 0 Å². The summed E-state index contributed by atoms with van der Waals surface area (Å²) in [6, 6.07) is 13.6. The summed E-state index contributed by atoms with van der Waals surface area (Å²) < 4.78 is 6.49. The number of esters is 1. The van der Waals surface area contributed by atoms with Crippen LogP contribution in [0.1, 0.15) is 13.3 Å². The molecule has 0 bridgehead atoms. The van der Waals surface area contributed by atoms with Crippen LogP contribution in [0.5, 0.6) is 0 Å². The van der Waals surface area contributed by atoms with Gasteiger partial charge in [-0.05, 0) is 43.3 Å². The number of para-hydroxylation sites is 1. The summed E-state index contributed by atoms with van der Waals surface area (Å²) in [6.07, 6.45) is 0.363. The van der Waals surface area contributed by atoms with Crippen molar-refractivity contribution in [2.24, 2.45) is 0 Å². The molecule has 2 aromatic carbocycles. The minimum Gasteiger partial charge on any atom is -0.452 e. The van der Waals surface area contributed by atoms with Crippen LogP contribution in [0, 0.1) is 0 Å². The summed E-state index contributed by atoms with van der Waals surface area (Å²) in [5.41, 5.74) is 0.914. The van der Waals surface area contributed by atoms with Crippen LogP contribution in [0.15, 0.2) is 59.7 Å². The molecule has 0 aliphatic heterocycles. The third kappa shape index (κ3) is 4.75. The van der Waals surface area contributed by atoms with Crippen molar-refractivity contribution in [2.45, 2.75) is 26.0 Å². The van der Waals surface area contributed by atoms with Crippen molar-refractivity contribution in [1.82, 2.24) is 9.55 Å². The number of nitrogens with zero attached hydrogens (tertiary/aromatic N) is 2. The standard InChI is InChI=1S/C20H18ClN3O4/c1-13(19(26)23-15-8-6-14(21)7-9-15)28-18(25)10-11-24-12-22-17-5-3-2-4-16(17)20(24)27/h2-9,12-13H,10-11H2,1H3,(H,23,26). The number of benzene rings is 2. The molecule has 1 aromatic heterocycles. The Kier molecular flexibility index (Phi) is 6.06. The largest absolute Gasteiger partial charge is 0.452 e. The molecule has 0 radical (unpaired) electrons. The summed E-state index contributed by atoms with van der Waals surface area (Å²) in [6.45, 7) is 1.59. The second-order valence-electron chi connectivity index (χ2n) is 6.14. The topological polar surface area (TPSA) is 90.3 Å². The van der Waals surface area contributed by atoms with E-state index in [4.69, 9.17) is 16.3 Å². The van der Waals surface area contributed by atoms with Gasteiger partial charge in [-0.1, -0.05) is 23.7 Å². The number of aromatic nitrogens is 2. The van der Waals surface area contributed by atoms with Crippen LogP contribution >= 0.6 is 11.6 Å². The van der Waals surface area contributed by atoms with Gasteiger partial charge < -0.3 is 10.1 Å². The molecule has 1 amide bonds. The van der Waals surface area contributed by atoms with Crippen molar-refractivity contribution in [3.8, 4) is 0 Å². The van der Waals surface area contributed by atoms with E-state index in [2.05, 4.69) is 10.3 Å². The fourth-order valence-corrected chi connectivity index (χ4v) is 2.69. The number of rotatable bonds is 6. The highest BCUT2D eigenvalue weighted by Crippen LogP contribution is 2.14. The molecular weight excluding hydrogens is 382 g/mol. The number of fused-ring (bicyclic) bond motifs is 1. The van der Waals surface area contributed by atoms with Crippen molar-refractivity contribution < 1.29 is 14.3 Å². The molecule has 1 heterocycles. The number of carbonyl (C=O) groups excluding carboxylic acids is 2. The lowest BCUT2D eigenvalue weighted by Gasteiger charge is -2.14. The summed E-state index contributed by atoms with van der Waals surface area (Å²) in [7, 11) is 0. The molecule has 0 saturated carbocycles. The van der Waals surface area contributed by atoms with Gasteiger partial charge in [0.15, 0.2) is 6.10 Å². The molecule has 0 spiro atoms. The van der Waals surface area contributed by atoms with Gasteiger partial charge in [0, 0.05) is 17.3 Å². The summed E-state index contributed by atoms with van der Waals surface area (Å²) in [5.74, 6) is -1.04. The van der Waals surface area contributed by atoms with Gasteiger partial charge >= 0.3 is 5.97 Å². The van der Waals surface area contributed by atoms with E-state index in [-0.39, 0.29) is 18.5 Å². The highest BCUT2D eigenvalue weighted by molar-refractivity contribution is 6.30. The summed E-state index contributed by atoms with van der Waals surface area (Å²) in [4.78, 5) is 40.8. The number of hydrogen-bond donors (Lipinski definition) is 1. The van der Waals surface area contributed by atoms with Crippen LogP contribution < -0.4 is 10.9 Å². The second-order valence-corrected chi connectivity index (χ2v) is 6.57. The smallest absolute Gasteiger partial charge is 0.308 e. The Bertz CT molecular complexity index is 1060. The van der Waals surface area contributed by atoms with Crippen LogP contribution in [-0.4, -0.2) is 27.5 Å². The first-order chi connectivity index (χ1) is 13.4. The van der Waals surface area contributed by atoms with E-state index in [0.29, 0.717) is 21.6 Å². The molecule has 1 N–H and O–H groups in total. The van der Waals surface area contributed by atoms with Gasteiger partial charge in [0.1, 0.15) is 0 Å². The first-order valence-electron chi connectivity index (χ1n) is 8.64. The van der Waals surface area contributed by atoms with Crippen molar-refractivity contribution in [3.05, 3.63) is 70.2 Å². The third-order valence-corrected chi connectivity index (χ3v) is 4.33. The Morgan fingerprint density at radius 2 is 1.89 bits per heavy atom. The molecule has 0 aliphatic rings. The maximum atomic E-state index is 12.4. The van der Waals surface area contributed by atoms with Crippen molar-refractivity contribution in [2.75, 3.05) is 5.32 Å². The van der Waals surface area contributed by atoms with Crippen molar-refractivity contribution in [1.29, 1.82) is 0 Å². The highest BCUT2D eigenvalue weighted by atomic mass is 35.5. The number of anilines is 1. The summed E-state index contributed by atoms with van der Waals surface area (Å²) >= 11 is 5.80. The Labute approximate surface area is 165 Å². The number of nitrogens with one attached hydrogen (secondary N) is 1. The van der Waals surface area contributed by atoms with Gasteiger partial charge in [-0.2, -0.15) is 0 Å². The number of hydrogen-bond acceptors (Lipinski definition) is 5. The van der Waals surface area contributed by atoms with Crippen LogP contribution in [0.4, 0.5) is 5.69 Å². The Morgan fingerprint density at radius 3 is 2.64 bits per heavy atom. The van der Waals surface area contributed by atoms with E-state index in [1.807, 2.05) is 0 Å². The molecule has 0 aliphatic carbocycles. The van der Waals surface area contributed by atoms with E-state index < -0.39 is 18.0 Å². The lowest BCUT2D eigenvalue weighted by atomic mass is 10.2. The van der Waals surface area contributed by atoms with Crippen LogP contribution in [0.2, 0.25) is 5.02 Å². The zero-order chi connectivity index (χ0) is 20.1. The van der Waals surface area contributed by atoms with Gasteiger partial charge in [0.25, 0.3) is 11.5 Å². The quantitative estimate of drug-likeness (QED) is 0.643. The highest BCUT2D eigenvalue weighted by Gasteiger charge is 2.18. The first kappa shape index (κ1) is 19.6. The van der Waals surface area contributed by atoms with E-state index in [9.17, 15) is 14.4 Å². The van der Waals surface area contributed by atoms with E-state index in [0.717, 1.165) is 0 Å². The van der Waals surface area contributed by atoms with Crippen LogP contribution in [-0.2, 0) is 20.9 Å². The molecule has 144 valence electrons. The molecule has 3 rings (SSSR count).